The fourth-order valence-electron chi connectivity index (χ4n) is 1.49. The number of carbonyl (C=O) groups is 1. The predicted molar refractivity (Wildman–Crippen MR) is 73.9 cm³/mol. The largest absolute Gasteiger partial charge is 0.333 e. The molecule has 2 aromatic heterocycles. The van der Waals surface area contributed by atoms with Crippen LogP contribution in [0, 0.1) is 0 Å². The number of urea groups is 1. The van der Waals surface area contributed by atoms with Gasteiger partial charge in [-0.15, -0.1) is 5.10 Å². The molecular formula is C11H15N7O3. The van der Waals surface area contributed by atoms with Crippen molar-refractivity contribution in [1.29, 1.82) is 0 Å². The molecule has 0 aliphatic carbocycles. The van der Waals surface area contributed by atoms with Crippen LogP contribution in [0.2, 0.25) is 0 Å². The number of hydrogen-bond donors (Lipinski definition) is 4. The minimum atomic E-state index is -0.599. The Hall–Kier alpha value is -2.91. The molecule has 0 aliphatic heterocycles. The maximum atomic E-state index is 11.7. The first-order valence-corrected chi connectivity index (χ1v) is 6.23. The Labute approximate surface area is 118 Å². The summed E-state index contributed by atoms with van der Waals surface area (Å²) in [6.45, 7) is 3.83. The van der Waals surface area contributed by atoms with E-state index < -0.39 is 17.3 Å². The molecule has 4 N–H and O–H groups in total. The molecule has 2 aromatic rings. The monoisotopic (exact) mass is 293 g/mol. The molecule has 2 amide bonds. The second-order valence-electron chi connectivity index (χ2n) is 4.58. The van der Waals surface area contributed by atoms with Crippen LogP contribution < -0.4 is 21.9 Å². The van der Waals surface area contributed by atoms with Crippen LogP contribution in [0.25, 0.3) is 0 Å². The molecule has 2 rings (SSSR count). The highest BCUT2D eigenvalue weighted by molar-refractivity contribution is 5.87. The molecule has 0 spiro atoms. The molecule has 0 unspecified atom stereocenters. The van der Waals surface area contributed by atoms with E-state index in [0.717, 1.165) is 0 Å². The second-order valence-corrected chi connectivity index (χ2v) is 4.58. The third-order valence-electron chi connectivity index (χ3n) is 2.62. The van der Waals surface area contributed by atoms with Gasteiger partial charge in [-0.05, 0) is 13.8 Å². The van der Waals surface area contributed by atoms with Crippen molar-refractivity contribution in [2.75, 3.05) is 5.32 Å². The summed E-state index contributed by atoms with van der Waals surface area (Å²) in [4.78, 5) is 38.3. The van der Waals surface area contributed by atoms with Gasteiger partial charge in [0.15, 0.2) is 5.82 Å². The number of aromatic amines is 2. The van der Waals surface area contributed by atoms with E-state index in [4.69, 9.17) is 0 Å². The Morgan fingerprint density at radius 1 is 1.43 bits per heavy atom. The molecule has 2 heterocycles. The number of aromatic nitrogens is 5. The number of nitrogens with zero attached hydrogens (tertiary/aromatic N) is 3. The van der Waals surface area contributed by atoms with E-state index in [1.165, 1.54) is 6.20 Å². The highest BCUT2D eigenvalue weighted by Gasteiger charge is 2.08. The van der Waals surface area contributed by atoms with E-state index in [9.17, 15) is 14.4 Å². The van der Waals surface area contributed by atoms with Crippen LogP contribution in [0.3, 0.4) is 0 Å². The molecule has 0 atom stereocenters. The van der Waals surface area contributed by atoms with Crippen LogP contribution >= 0.6 is 0 Å². The molecule has 0 fully saturated rings. The van der Waals surface area contributed by atoms with Crippen LogP contribution in [-0.2, 0) is 6.54 Å². The van der Waals surface area contributed by atoms with E-state index in [-0.39, 0.29) is 18.2 Å². The maximum absolute atomic E-state index is 11.7. The first kappa shape index (κ1) is 14.5. The van der Waals surface area contributed by atoms with Crippen molar-refractivity contribution in [3.05, 3.63) is 38.8 Å². The third kappa shape index (κ3) is 3.78. The molecule has 0 saturated heterocycles. The number of H-pyrrole nitrogens is 2. The van der Waals surface area contributed by atoms with E-state index in [1.807, 2.05) is 13.8 Å². The van der Waals surface area contributed by atoms with Crippen LogP contribution in [-0.4, -0.2) is 31.0 Å². The molecular weight excluding hydrogens is 278 g/mol. The molecule has 112 valence electrons. The smallest absolute Gasteiger partial charge is 0.325 e. The third-order valence-corrected chi connectivity index (χ3v) is 2.62. The maximum Gasteiger partial charge on any atom is 0.325 e. The van der Waals surface area contributed by atoms with Gasteiger partial charge in [0.1, 0.15) is 0 Å². The van der Waals surface area contributed by atoms with Gasteiger partial charge in [-0.3, -0.25) is 15.1 Å². The SMILES string of the molecule is CC(C)n1cc(NC(=O)NCc2c[nH]c(=O)[nH]c2=O)nn1. The summed E-state index contributed by atoms with van der Waals surface area (Å²) < 4.78 is 1.60. The van der Waals surface area contributed by atoms with Crippen LogP contribution in [0.1, 0.15) is 25.5 Å². The lowest BCUT2D eigenvalue weighted by Gasteiger charge is -2.04. The fourth-order valence-corrected chi connectivity index (χ4v) is 1.49. The van der Waals surface area contributed by atoms with Gasteiger partial charge < -0.3 is 10.3 Å². The Kier molecular flexibility index (Phi) is 4.16. The highest BCUT2D eigenvalue weighted by Crippen LogP contribution is 2.05. The Morgan fingerprint density at radius 3 is 2.81 bits per heavy atom. The van der Waals surface area contributed by atoms with Gasteiger partial charge >= 0.3 is 11.7 Å². The first-order chi connectivity index (χ1) is 9.95. The number of carbonyl (C=O) groups excluding carboxylic acids is 1. The van der Waals surface area contributed by atoms with Crippen LogP contribution in [0.4, 0.5) is 10.6 Å². The first-order valence-electron chi connectivity index (χ1n) is 6.23. The van der Waals surface area contributed by atoms with Crippen LogP contribution in [0.5, 0.6) is 0 Å². The summed E-state index contributed by atoms with van der Waals surface area (Å²) in [6, 6.07) is -0.396. The molecule has 10 nitrogen and oxygen atoms in total. The molecule has 0 aliphatic rings. The molecule has 0 aromatic carbocycles. The van der Waals surface area contributed by atoms with E-state index in [0.29, 0.717) is 5.82 Å². The lowest BCUT2D eigenvalue weighted by Crippen LogP contribution is -2.32. The van der Waals surface area contributed by atoms with Gasteiger partial charge in [0.05, 0.1) is 18.3 Å². The minimum absolute atomic E-state index is 0.0315. The van der Waals surface area contributed by atoms with Crippen LogP contribution in [0.15, 0.2) is 22.0 Å². The summed E-state index contributed by atoms with van der Waals surface area (Å²) in [7, 11) is 0. The van der Waals surface area contributed by atoms with Gasteiger partial charge in [0, 0.05) is 12.2 Å². The van der Waals surface area contributed by atoms with Crippen molar-refractivity contribution in [3.63, 3.8) is 0 Å². The predicted octanol–water partition coefficient (Wildman–Crippen LogP) is -0.443. The quantitative estimate of drug-likeness (QED) is 0.605. The van der Waals surface area contributed by atoms with E-state index in [2.05, 4.69) is 30.9 Å². The summed E-state index contributed by atoms with van der Waals surface area (Å²) >= 11 is 0. The zero-order valence-electron chi connectivity index (χ0n) is 11.5. The Bertz CT molecular complexity index is 743. The standard InChI is InChI=1S/C11H15N7O3/c1-6(2)18-5-8(16-17-18)14-10(20)12-3-7-4-13-11(21)15-9(7)19/h4-6H,3H2,1-2H3,(H2,12,14,20)(H2,13,15,19,21). The summed E-state index contributed by atoms with van der Waals surface area (Å²) in [5.74, 6) is 0.302. The van der Waals surface area contributed by atoms with E-state index in [1.54, 1.807) is 10.9 Å². The van der Waals surface area contributed by atoms with Crippen molar-refractivity contribution in [3.8, 4) is 0 Å². The molecule has 21 heavy (non-hydrogen) atoms. The number of rotatable bonds is 4. The zero-order chi connectivity index (χ0) is 15.4. The van der Waals surface area contributed by atoms with Crippen molar-refractivity contribution in [1.82, 2.24) is 30.3 Å². The van der Waals surface area contributed by atoms with Gasteiger partial charge in [0.25, 0.3) is 5.56 Å². The average molecular weight is 293 g/mol. The molecule has 0 saturated carbocycles. The van der Waals surface area contributed by atoms with Crippen molar-refractivity contribution in [2.24, 2.45) is 0 Å². The fraction of sp³-hybridized carbons (Fsp3) is 0.364. The minimum Gasteiger partial charge on any atom is -0.333 e. The number of anilines is 1. The molecule has 0 bridgehead atoms. The topological polar surface area (TPSA) is 138 Å². The summed E-state index contributed by atoms with van der Waals surface area (Å²) in [5.41, 5.74) is -0.918. The molecule has 0 radical (unpaired) electrons. The number of amides is 2. The molecule has 10 heteroatoms. The average Bonchev–Trinajstić information content (AvgIpc) is 2.86. The number of hydrogen-bond acceptors (Lipinski definition) is 5. The lowest BCUT2D eigenvalue weighted by atomic mass is 10.3. The number of nitrogens with one attached hydrogen (secondary N) is 4. The zero-order valence-corrected chi connectivity index (χ0v) is 11.5. The van der Waals surface area contributed by atoms with Gasteiger partial charge in [-0.2, -0.15) is 0 Å². The Balaban J connectivity index is 1.92. The van der Waals surface area contributed by atoms with Crippen molar-refractivity contribution < 1.29 is 4.79 Å². The Morgan fingerprint density at radius 2 is 2.19 bits per heavy atom. The summed E-state index contributed by atoms with van der Waals surface area (Å²) in [5, 5.41) is 12.6. The lowest BCUT2D eigenvalue weighted by molar-refractivity contribution is 0.251. The van der Waals surface area contributed by atoms with Gasteiger partial charge in [0.2, 0.25) is 0 Å². The second kappa shape index (κ2) is 6.03. The van der Waals surface area contributed by atoms with Gasteiger partial charge in [-0.25, -0.2) is 14.3 Å². The van der Waals surface area contributed by atoms with Crippen molar-refractivity contribution >= 4 is 11.8 Å². The normalized spacial score (nSPS) is 10.6. The highest BCUT2D eigenvalue weighted by atomic mass is 16.2. The summed E-state index contributed by atoms with van der Waals surface area (Å²) in [6.07, 6.45) is 2.84. The van der Waals surface area contributed by atoms with Crippen molar-refractivity contribution in [2.45, 2.75) is 26.4 Å². The van der Waals surface area contributed by atoms with Gasteiger partial charge in [-0.1, -0.05) is 5.21 Å². The van der Waals surface area contributed by atoms with E-state index >= 15 is 0 Å².